The van der Waals surface area contributed by atoms with Crippen LogP contribution in [0.5, 0.6) is 0 Å². The number of rotatable bonds is 6. The van der Waals surface area contributed by atoms with Crippen molar-refractivity contribution in [2.45, 2.75) is 27.7 Å². The summed E-state index contributed by atoms with van der Waals surface area (Å²) in [6.07, 6.45) is 0. The quantitative estimate of drug-likeness (QED) is 0.328. The Balaban J connectivity index is 1.69. The van der Waals surface area contributed by atoms with Crippen LogP contribution in [0.2, 0.25) is 0 Å². The minimum atomic E-state index is -0.609. The summed E-state index contributed by atoms with van der Waals surface area (Å²) in [5.74, 6) is -1.35. The lowest BCUT2D eigenvalue weighted by atomic mass is 10.1. The lowest BCUT2D eigenvalue weighted by Crippen LogP contribution is -2.15. The number of nitrogens with one attached hydrogen (secondary N) is 2. The maximum atomic E-state index is 13.2. The van der Waals surface area contributed by atoms with Gasteiger partial charge in [0, 0.05) is 16.6 Å². The molecule has 0 aliphatic rings. The van der Waals surface area contributed by atoms with Crippen LogP contribution >= 0.6 is 11.3 Å². The van der Waals surface area contributed by atoms with Gasteiger partial charge in [0.1, 0.15) is 10.6 Å². The summed E-state index contributed by atoms with van der Waals surface area (Å²) in [5, 5.41) is 6.66. The summed E-state index contributed by atoms with van der Waals surface area (Å²) in [6.45, 7) is 7.29. The second kappa shape index (κ2) is 9.52. The molecule has 2 heterocycles. The fourth-order valence-corrected chi connectivity index (χ4v) is 4.77. The van der Waals surface area contributed by atoms with Gasteiger partial charge < -0.3 is 19.8 Å². The van der Waals surface area contributed by atoms with E-state index in [1.807, 2.05) is 50.2 Å². The lowest BCUT2D eigenvalue weighted by molar-refractivity contribution is 0.0527. The molecule has 34 heavy (non-hydrogen) atoms. The molecule has 0 saturated carbocycles. The second-order valence-electron chi connectivity index (χ2n) is 7.81. The SMILES string of the molecule is CCOC(=O)c1c(NC(=O)c2oc3ccc(C)cc3c2C)sc(C(=O)Nc2ccccc2)c1C. The van der Waals surface area contributed by atoms with E-state index in [2.05, 4.69) is 10.6 Å². The third-order valence-electron chi connectivity index (χ3n) is 5.39. The highest BCUT2D eigenvalue weighted by molar-refractivity contribution is 7.19. The molecular formula is C26H24N2O5S. The van der Waals surface area contributed by atoms with Crippen molar-refractivity contribution in [2.75, 3.05) is 17.2 Å². The topological polar surface area (TPSA) is 97.6 Å². The number of ether oxygens (including phenoxy) is 1. The average molecular weight is 477 g/mol. The molecule has 0 fully saturated rings. The van der Waals surface area contributed by atoms with E-state index in [0.717, 1.165) is 22.3 Å². The highest BCUT2D eigenvalue weighted by atomic mass is 32.1. The zero-order chi connectivity index (χ0) is 24.4. The number of esters is 1. The Bertz CT molecular complexity index is 1400. The Morgan fingerprint density at radius 2 is 1.68 bits per heavy atom. The van der Waals surface area contributed by atoms with Gasteiger partial charge in [-0.15, -0.1) is 11.3 Å². The number of benzene rings is 2. The summed E-state index contributed by atoms with van der Waals surface area (Å²) < 4.78 is 11.0. The number of carbonyl (C=O) groups excluding carboxylic acids is 3. The van der Waals surface area contributed by atoms with Crippen molar-refractivity contribution in [1.82, 2.24) is 0 Å². The van der Waals surface area contributed by atoms with Gasteiger partial charge in [-0.25, -0.2) is 4.79 Å². The van der Waals surface area contributed by atoms with Crippen molar-refractivity contribution >= 4 is 50.8 Å². The van der Waals surface area contributed by atoms with Gasteiger partial charge in [-0.1, -0.05) is 29.8 Å². The fourth-order valence-electron chi connectivity index (χ4n) is 3.69. The number of aryl methyl sites for hydroxylation is 2. The Morgan fingerprint density at radius 1 is 0.941 bits per heavy atom. The van der Waals surface area contributed by atoms with Gasteiger partial charge in [0.2, 0.25) is 0 Å². The molecule has 0 aliphatic carbocycles. The van der Waals surface area contributed by atoms with Crippen LogP contribution in [-0.2, 0) is 4.74 Å². The van der Waals surface area contributed by atoms with Crippen molar-refractivity contribution in [1.29, 1.82) is 0 Å². The van der Waals surface area contributed by atoms with Gasteiger partial charge in [0.25, 0.3) is 11.8 Å². The van der Waals surface area contributed by atoms with E-state index >= 15 is 0 Å². The van der Waals surface area contributed by atoms with E-state index in [1.54, 1.807) is 26.0 Å². The Kier molecular flexibility index (Phi) is 6.51. The molecule has 2 amide bonds. The average Bonchev–Trinajstić information content (AvgIpc) is 3.31. The smallest absolute Gasteiger partial charge is 0.341 e. The molecule has 2 N–H and O–H groups in total. The predicted octanol–water partition coefficient (Wildman–Crippen LogP) is 6.10. The van der Waals surface area contributed by atoms with Crippen molar-refractivity contribution < 1.29 is 23.5 Å². The monoisotopic (exact) mass is 476 g/mol. The van der Waals surface area contributed by atoms with Crippen LogP contribution in [0.4, 0.5) is 10.7 Å². The summed E-state index contributed by atoms with van der Waals surface area (Å²) in [5.41, 5.74) is 3.56. The lowest BCUT2D eigenvalue weighted by Gasteiger charge is -2.06. The first kappa shape index (κ1) is 23.3. The molecule has 0 saturated heterocycles. The molecule has 0 spiro atoms. The molecule has 0 bridgehead atoms. The van der Waals surface area contributed by atoms with E-state index in [-0.39, 0.29) is 28.8 Å². The van der Waals surface area contributed by atoms with Gasteiger partial charge in [-0.2, -0.15) is 0 Å². The standard InChI is InChI=1S/C26H24N2O5S/c1-5-32-26(31)20-16(4)22(24(30)27-17-9-7-6-8-10-17)34-25(20)28-23(29)21-15(3)18-13-14(2)11-12-19(18)33-21/h6-13H,5H2,1-4H3,(H,27,30)(H,28,29). The van der Waals surface area contributed by atoms with Gasteiger partial charge in [0.15, 0.2) is 5.76 Å². The zero-order valence-corrected chi connectivity index (χ0v) is 20.1. The van der Waals surface area contributed by atoms with Crippen LogP contribution in [0.1, 0.15) is 54.2 Å². The van der Waals surface area contributed by atoms with Gasteiger partial charge in [-0.05, 0) is 57.5 Å². The van der Waals surface area contributed by atoms with Crippen LogP contribution in [0.15, 0.2) is 52.9 Å². The van der Waals surface area contributed by atoms with E-state index in [9.17, 15) is 14.4 Å². The highest BCUT2D eigenvalue weighted by Gasteiger charge is 2.28. The number of thiophene rings is 1. The van der Waals surface area contributed by atoms with Crippen molar-refractivity contribution in [3.63, 3.8) is 0 Å². The number of amides is 2. The van der Waals surface area contributed by atoms with Gasteiger partial charge >= 0.3 is 5.97 Å². The maximum absolute atomic E-state index is 13.2. The van der Waals surface area contributed by atoms with Crippen LogP contribution in [-0.4, -0.2) is 24.4 Å². The maximum Gasteiger partial charge on any atom is 0.341 e. The normalized spacial score (nSPS) is 10.8. The number of furan rings is 1. The fraction of sp³-hybridized carbons (Fsp3) is 0.192. The molecule has 2 aromatic carbocycles. The molecule has 4 aromatic rings. The second-order valence-corrected chi connectivity index (χ2v) is 8.83. The largest absolute Gasteiger partial charge is 0.462 e. The van der Waals surface area contributed by atoms with E-state index in [0.29, 0.717) is 27.3 Å². The summed E-state index contributed by atoms with van der Waals surface area (Å²) in [6, 6.07) is 14.7. The summed E-state index contributed by atoms with van der Waals surface area (Å²) in [4.78, 5) is 39.1. The first-order valence-corrected chi connectivity index (χ1v) is 11.6. The van der Waals surface area contributed by atoms with Crippen LogP contribution in [0.3, 0.4) is 0 Å². The summed E-state index contributed by atoms with van der Waals surface area (Å²) >= 11 is 1.02. The predicted molar refractivity (Wildman–Crippen MR) is 133 cm³/mol. The van der Waals surface area contributed by atoms with E-state index < -0.39 is 11.9 Å². The van der Waals surface area contributed by atoms with Crippen molar-refractivity contribution in [3.05, 3.63) is 81.4 Å². The highest BCUT2D eigenvalue weighted by Crippen LogP contribution is 2.35. The third kappa shape index (κ3) is 4.45. The zero-order valence-electron chi connectivity index (χ0n) is 19.3. The van der Waals surface area contributed by atoms with Crippen LogP contribution < -0.4 is 10.6 Å². The third-order valence-corrected chi connectivity index (χ3v) is 6.60. The first-order chi connectivity index (χ1) is 16.3. The molecule has 8 heteroatoms. The van der Waals surface area contributed by atoms with E-state index in [4.69, 9.17) is 9.15 Å². The number of fused-ring (bicyclic) bond motifs is 1. The van der Waals surface area contributed by atoms with Crippen LogP contribution in [0, 0.1) is 20.8 Å². The molecule has 4 rings (SSSR count). The molecular weight excluding hydrogens is 452 g/mol. The first-order valence-electron chi connectivity index (χ1n) is 10.8. The summed E-state index contributed by atoms with van der Waals surface area (Å²) in [7, 11) is 0. The van der Waals surface area contributed by atoms with Gasteiger partial charge in [-0.3, -0.25) is 9.59 Å². The van der Waals surface area contributed by atoms with Crippen LogP contribution in [0.25, 0.3) is 11.0 Å². The number of anilines is 2. The van der Waals surface area contributed by atoms with Crippen molar-refractivity contribution in [3.8, 4) is 0 Å². The number of carbonyl (C=O) groups is 3. The van der Waals surface area contributed by atoms with E-state index in [1.165, 1.54) is 0 Å². The molecule has 0 aliphatic heterocycles. The Hall–Kier alpha value is -3.91. The molecule has 0 unspecified atom stereocenters. The van der Waals surface area contributed by atoms with Crippen molar-refractivity contribution in [2.24, 2.45) is 0 Å². The molecule has 0 atom stereocenters. The number of hydrogen-bond acceptors (Lipinski definition) is 6. The number of hydrogen-bond donors (Lipinski definition) is 2. The molecule has 174 valence electrons. The van der Waals surface area contributed by atoms with Gasteiger partial charge in [0.05, 0.1) is 17.0 Å². The minimum absolute atomic E-state index is 0.150. The number of para-hydroxylation sites is 1. The Labute approximate surface area is 200 Å². The minimum Gasteiger partial charge on any atom is -0.462 e. The Morgan fingerprint density at radius 3 is 2.38 bits per heavy atom. The molecule has 2 aromatic heterocycles. The molecule has 7 nitrogen and oxygen atoms in total. The molecule has 0 radical (unpaired) electrons.